The maximum absolute atomic E-state index is 12.0. The lowest BCUT2D eigenvalue weighted by atomic mass is 10.1. The lowest BCUT2D eigenvalue weighted by Gasteiger charge is -2.04. The molecule has 0 aromatic carbocycles. The molecule has 1 saturated carbocycles. The summed E-state index contributed by atoms with van der Waals surface area (Å²) in [6.45, 7) is 3.97. The van der Waals surface area contributed by atoms with Gasteiger partial charge in [-0.05, 0) is 29.5 Å². The van der Waals surface area contributed by atoms with Crippen molar-refractivity contribution in [2.24, 2.45) is 17.3 Å². The largest absolute Gasteiger partial charge is 0.425 e. The topological polar surface area (TPSA) is 39.2 Å². The zero-order valence-electron chi connectivity index (χ0n) is 10.1. The number of aromatic nitrogens is 1. The standard InChI is InChI=1S/C13H13Cl2NO2/c1-13(2)9(6-10(14)15)11(13)12(17)18-8-4-3-5-16-7-8/h3-7,9,11H,1-2H3/t9-,11-/m1/s1. The van der Waals surface area contributed by atoms with E-state index in [-0.39, 0.29) is 27.7 Å². The number of halogens is 2. The third kappa shape index (κ3) is 2.68. The Bertz CT molecular complexity index is 481. The van der Waals surface area contributed by atoms with Gasteiger partial charge in [-0.25, -0.2) is 0 Å². The maximum atomic E-state index is 12.0. The Kier molecular flexibility index (Phi) is 3.64. The fourth-order valence-corrected chi connectivity index (χ4v) is 2.43. The number of rotatable bonds is 3. The molecule has 3 nitrogen and oxygen atoms in total. The van der Waals surface area contributed by atoms with Gasteiger partial charge in [0.25, 0.3) is 0 Å². The van der Waals surface area contributed by atoms with Crippen LogP contribution in [0.4, 0.5) is 0 Å². The Morgan fingerprint density at radius 3 is 2.78 bits per heavy atom. The van der Waals surface area contributed by atoms with Crippen LogP contribution in [0.25, 0.3) is 0 Å². The van der Waals surface area contributed by atoms with E-state index in [4.69, 9.17) is 27.9 Å². The Morgan fingerprint density at radius 1 is 1.50 bits per heavy atom. The predicted molar refractivity (Wildman–Crippen MR) is 70.4 cm³/mol. The first kappa shape index (κ1) is 13.4. The van der Waals surface area contributed by atoms with E-state index in [1.807, 2.05) is 13.8 Å². The van der Waals surface area contributed by atoms with E-state index in [9.17, 15) is 4.79 Å². The smallest absolute Gasteiger partial charge is 0.315 e. The number of nitrogens with zero attached hydrogens (tertiary/aromatic N) is 1. The fraction of sp³-hybridized carbons (Fsp3) is 0.385. The van der Waals surface area contributed by atoms with E-state index in [1.54, 1.807) is 24.4 Å². The number of ether oxygens (including phenoxy) is 1. The zero-order valence-corrected chi connectivity index (χ0v) is 11.6. The quantitative estimate of drug-likeness (QED) is 0.797. The molecule has 1 aliphatic rings. The van der Waals surface area contributed by atoms with E-state index in [0.717, 1.165) is 0 Å². The minimum atomic E-state index is -0.274. The number of carbonyl (C=O) groups is 1. The molecule has 0 bridgehead atoms. The molecular weight excluding hydrogens is 273 g/mol. The van der Waals surface area contributed by atoms with Gasteiger partial charge in [-0.15, -0.1) is 0 Å². The Balaban J connectivity index is 2.05. The lowest BCUT2D eigenvalue weighted by Crippen LogP contribution is -2.13. The molecule has 1 aromatic rings. The molecule has 0 unspecified atom stereocenters. The molecule has 1 aromatic heterocycles. The van der Waals surface area contributed by atoms with Gasteiger partial charge in [0, 0.05) is 6.20 Å². The molecule has 0 saturated heterocycles. The van der Waals surface area contributed by atoms with Gasteiger partial charge < -0.3 is 4.74 Å². The lowest BCUT2D eigenvalue weighted by molar-refractivity contribution is -0.136. The van der Waals surface area contributed by atoms with Crippen molar-refractivity contribution in [3.05, 3.63) is 35.1 Å². The summed E-state index contributed by atoms with van der Waals surface area (Å²) in [6, 6.07) is 3.41. The second kappa shape index (κ2) is 4.90. The molecule has 0 amide bonds. The van der Waals surface area contributed by atoms with Gasteiger partial charge in [-0.3, -0.25) is 9.78 Å². The van der Waals surface area contributed by atoms with Gasteiger partial charge in [0.2, 0.25) is 0 Å². The van der Waals surface area contributed by atoms with E-state index in [2.05, 4.69) is 4.98 Å². The van der Waals surface area contributed by atoms with Gasteiger partial charge in [0.1, 0.15) is 10.2 Å². The van der Waals surface area contributed by atoms with Crippen molar-refractivity contribution >= 4 is 29.2 Å². The summed E-state index contributed by atoms with van der Waals surface area (Å²) in [7, 11) is 0. The highest BCUT2D eigenvalue weighted by Crippen LogP contribution is 2.60. The van der Waals surface area contributed by atoms with Crippen molar-refractivity contribution in [1.29, 1.82) is 0 Å². The van der Waals surface area contributed by atoms with E-state index < -0.39 is 0 Å². The van der Waals surface area contributed by atoms with Crippen LogP contribution in [0.2, 0.25) is 0 Å². The summed E-state index contributed by atoms with van der Waals surface area (Å²) in [5.74, 6) is -0.0226. The molecule has 1 heterocycles. The van der Waals surface area contributed by atoms with Crippen LogP contribution in [0.5, 0.6) is 5.75 Å². The van der Waals surface area contributed by atoms with Gasteiger partial charge in [-0.1, -0.05) is 37.0 Å². The molecule has 2 atom stereocenters. The number of carbonyl (C=O) groups excluding carboxylic acids is 1. The number of allylic oxidation sites excluding steroid dienone is 1. The van der Waals surface area contributed by atoms with Crippen molar-refractivity contribution in [2.75, 3.05) is 0 Å². The van der Waals surface area contributed by atoms with E-state index >= 15 is 0 Å². The second-order valence-corrected chi connectivity index (χ2v) is 5.90. The molecule has 96 valence electrons. The van der Waals surface area contributed by atoms with E-state index in [0.29, 0.717) is 5.75 Å². The molecule has 0 aliphatic heterocycles. The minimum Gasteiger partial charge on any atom is -0.425 e. The summed E-state index contributed by atoms with van der Waals surface area (Å²) < 4.78 is 5.45. The highest BCUT2D eigenvalue weighted by atomic mass is 35.5. The monoisotopic (exact) mass is 285 g/mol. The molecule has 0 spiro atoms. The zero-order chi connectivity index (χ0) is 13.3. The molecule has 5 heteroatoms. The summed E-state index contributed by atoms with van der Waals surface area (Å²) in [4.78, 5) is 15.9. The van der Waals surface area contributed by atoms with Crippen LogP contribution in [-0.2, 0) is 4.79 Å². The maximum Gasteiger partial charge on any atom is 0.315 e. The second-order valence-electron chi connectivity index (χ2n) is 4.89. The SMILES string of the molecule is CC1(C)[C@H](C=C(Cl)Cl)[C@@H]1C(=O)Oc1cccnc1. The molecule has 1 aliphatic carbocycles. The van der Waals surface area contributed by atoms with Gasteiger partial charge in [0.15, 0.2) is 0 Å². The first-order valence-corrected chi connectivity index (χ1v) is 6.33. The predicted octanol–water partition coefficient (Wildman–Crippen LogP) is 3.58. The van der Waals surface area contributed by atoms with Crippen LogP contribution < -0.4 is 4.74 Å². The van der Waals surface area contributed by atoms with Crippen molar-refractivity contribution in [2.45, 2.75) is 13.8 Å². The molecule has 0 N–H and O–H groups in total. The molecule has 18 heavy (non-hydrogen) atoms. The first-order chi connectivity index (χ1) is 8.43. The molecular formula is C13H13Cl2NO2. The first-order valence-electron chi connectivity index (χ1n) is 5.57. The van der Waals surface area contributed by atoms with Gasteiger partial charge in [0.05, 0.1) is 12.1 Å². The summed E-state index contributed by atoms with van der Waals surface area (Å²) in [5.41, 5.74) is -0.172. The van der Waals surface area contributed by atoms with Gasteiger partial charge >= 0.3 is 5.97 Å². The third-order valence-electron chi connectivity index (χ3n) is 3.32. The molecule has 0 radical (unpaired) electrons. The van der Waals surface area contributed by atoms with Crippen molar-refractivity contribution in [3.63, 3.8) is 0 Å². The van der Waals surface area contributed by atoms with Crippen molar-refractivity contribution in [3.8, 4) is 5.75 Å². The summed E-state index contributed by atoms with van der Waals surface area (Å²) in [6.07, 6.45) is 4.82. The molecule has 1 fully saturated rings. The normalized spacial score (nSPS) is 24.2. The summed E-state index contributed by atoms with van der Waals surface area (Å²) >= 11 is 11.3. The van der Waals surface area contributed by atoms with Crippen LogP contribution in [0, 0.1) is 17.3 Å². The Labute approximate surface area is 116 Å². The van der Waals surface area contributed by atoms with Crippen LogP contribution in [-0.4, -0.2) is 11.0 Å². The van der Waals surface area contributed by atoms with Crippen LogP contribution >= 0.6 is 23.2 Å². The fourth-order valence-electron chi connectivity index (χ4n) is 2.16. The number of pyridine rings is 1. The minimum absolute atomic E-state index is 0.0201. The third-order valence-corrected chi connectivity index (χ3v) is 3.57. The Morgan fingerprint density at radius 2 is 2.22 bits per heavy atom. The highest BCUT2D eigenvalue weighted by molar-refractivity contribution is 6.55. The van der Waals surface area contributed by atoms with E-state index in [1.165, 1.54) is 6.20 Å². The highest BCUT2D eigenvalue weighted by Gasteiger charge is 2.61. The van der Waals surface area contributed by atoms with Gasteiger partial charge in [-0.2, -0.15) is 0 Å². The molecule has 2 rings (SSSR count). The Hall–Kier alpha value is -1.06. The van der Waals surface area contributed by atoms with Crippen LogP contribution in [0.15, 0.2) is 35.1 Å². The average Bonchev–Trinajstić information content (AvgIpc) is 2.80. The number of hydrogen-bond acceptors (Lipinski definition) is 3. The summed E-state index contributed by atoms with van der Waals surface area (Å²) in [5, 5.41) is 0. The van der Waals surface area contributed by atoms with Crippen molar-refractivity contribution in [1.82, 2.24) is 4.98 Å². The number of hydrogen-bond donors (Lipinski definition) is 0. The average molecular weight is 286 g/mol. The number of esters is 1. The van der Waals surface area contributed by atoms with Crippen molar-refractivity contribution < 1.29 is 9.53 Å². The van der Waals surface area contributed by atoms with Crippen LogP contribution in [0.3, 0.4) is 0 Å². The van der Waals surface area contributed by atoms with Crippen LogP contribution in [0.1, 0.15) is 13.8 Å².